The predicted octanol–water partition coefficient (Wildman–Crippen LogP) is 3.30. The summed E-state index contributed by atoms with van der Waals surface area (Å²) in [6, 6.07) is 8.26. The standard InChI is InChI=1S/C22H17F2N5O2/c23-13-4-5-16(26-10-13)14(9-25)22(30)29-7-6-17-19(28-11-27-17)20(29)18-8-12-2-1-3-15(24)21(12)31-18/h1-5,8-11,20H,6-7,25H2,(H,27,28)/b14-9+. The summed E-state index contributed by atoms with van der Waals surface area (Å²) in [5, 5.41) is 0.583. The molecule has 1 atom stereocenters. The molecule has 156 valence electrons. The molecule has 0 aliphatic carbocycles. The molecule has 0 bridgehead atoms. The summed E-state index contributed by atoms with van der Waals surface area (Å²) in [6.45, 7) is 0.344. The van der Waals surface area contributed by atoms with Crippen molar-refractivity contribution < 1.29 is 18.0 Å². The second kappa shape index (κ2) is 7.35. The van der Waals surface area contributed by atoms with Gasteiger partial charge in [0, 0.05) is 30.2 Å². The van der Waals surface area contributed by atoms with Crippen molar-refractivity contribution in [2.45, 2.75) is 12.5 Å². The second-order valence-electron chi connectivity index (χ2n) is 7.17. The molecule has 0 fully saturated rings. The quantitative estimate of drug-likeness (QED) is 0.495. The summed E-state index contributed by atoms with van der Waals surface area (Å²) in [5.41, 5.74) is 7.71. The number of carbonyl (C=O) groups is 1. The van der Waals surface area contributed by atoms with Crippen LogP contribution in [0, 0.1) is 11.6 Å². The number of aromatic amines is 1. The van der Waals surface area contributed by atoms with Crippen molar-refractivity contribution >= 4 is 22.4 Å². The number of hydrogen-bond acceptors (Lipinski definition) is 5. The molecule has 1 unspecified atom stereocenters. The Labute approximate surface area is 175 Å². The summed E-state index contributed by atoms with van der Waals surface area (Å²) < 4.78 is 33.4. The van der Waals surface area contributed by atoms with Crippen LogP contribution in [0.1, 0.15) is 28.9 Å². The van der Waals surface area contributed by atoms with Crippen LogP contribution in [0.3, 0.4) is 0 Å². The smallest absolute Gasteiger partial charge is 0.258 e. The number of nitrogens with one attached hydrogen (secondary N) is 1. The van der Waals surface area contributed by atoms with Crippen LogP contribution in [0.15, 0.2) is 59.5 Å². The lowest BCUT2D eigenvalue weighted by molar-refractivity contribution is -0.127. The largest absolute Gasteiger partial charge is 0.455 e. The second-order valence-corrected chi connectivity index (χ2v) is 7.17. The molecule has 31 heavy (non-hydrogen) atoms. The number of hydrogen-bond donors (Lipinski definition) is 2. The Morgan fingerprint density at radius 2 is 2.13 bits per heavy atom. The summed E-state index contributed by atoms with van der Waals surface area (Å²) in [7, 11) is 0. The number of benzene rings is 1. The van der Waals surface area contributed by atoms with E-state index in [4.69, 9.17) is 10.2 Å². The molecular weight excluding hydrogens is 404 g/mol. The van der Waals surface area contributed by atoms with Crippen molar-refractivity contribution in [3.05, 3.63) is 89.6 Å². The van der Waals surface area contributed by atoms with E-state index in [-0.39, 0.29) is 16.9 Å². The lowest BCUT2D eigenvalue weighted by Crippen LogP contribution is -2.41. The van der Waals surface area contributed by atoms with Crippen molar-refractivity contribution in [1.29, 1.82) is 0 Å². The number of nitrogens with zero attached hydrogens (tertiary/aromatic N) is 3. The molecule has 1 aromatic carbocycles. The van der Waals surface area contributed by atoms with Crippen LogP contribution in [0.25, 0.3) is 16.5 Å². The molecule has 0 saturated carbocycles. The van der Waals surface area contributed by atoms with Gasteiger partial charge in [0.05, 0.1) is 29.5 Å². The SMILES string of the molecule is N/C=C(/C(=O)N1CCc2[nH]cnc2C1c1cc2cccc(F)c2o1)c1ccc(F)cn1. The minimum atomic E-state index is -0.690. The number of pyridine rings is 1. The third-order valence-corrected chi connectivity index (χ3v) is 5.37. The maximum atomic E-state index is 14.2. The van der Waals surface area contributed by atoms with Gasteiger partial charge in [-0.15, -0.1) is 0 Å². The summed E-state index contributed by atoms with van der Waals surface area (Å²) in [5.74, 6) is -1.04. The van der Waals surface area contributed by atoms with Gasteiger partial charge in [-0.05, 0) is 24.3 Å². The molecule has 0 saturated heterocycles. The Hall–Kier alpha value is -4.01. The molecule has 1 amide bonds. The number of fused-ring (bicyclic) bond motifs is 2. The molecule has 0 spiro atoms. The first-order valence-corrected chi connectivity index (χ1v) is 9.61. The van der Waals surface area contributed by atoms with E-state index < -0.39 is 23.6 Å². The van der Waals surface area contributed by atoms with E-state index in [1.54, 1.807) is 29.4 Å². The average Bonchev–Trinajstić information content (AvgIpc) is 3.42. The number of furan rings is 1. The zero-order valence-electron chi connectivity index (χ0n) is 16.2. The normalized spacial score (nSPS) is 16.5. The number of nitrogens with two attached hydrogens (primary N) is 1. The van der Waals surface area contributed by atoms with E-state index in [9.17, 15) is 13.6 Å². The third kappa shape index (κ3) is 3.14. The van der Waals surface area contributed by atoms with E-state index in [1.807, 2.05) is 0 Å². The first-order chi connectivity index (χ1) is 15.1. The highest BCUT2D eigenvalue weighted by Crippen LogP contribution is 2.38. The van der Waals surface area contributed by atoms with Gasteiger partial charge in [-0.2, -0.15) is 0 Å². The number of H-pyrrole nitrogens is 1. The number of para-hydroxylation sites is 1. The molecule has 4 heterocycles. The maximum absolute atomic E-state index is 14.2. The lowest BCUT2D eigenvalue weighted by Gasteiger charge is -2.34. The topological polar surface area (TPSA) is 101 Å². The summed E-state index contributed by atoms with van der Waals surface area (Å²) in [4.78, 5) is 26.5. The van der Waals surface area contributed by atoms with Crippen molar-refractivity contribution in [2.75, 3.05) is 6.54 Å². The van der Waals surface area contributed by atoms with Crippen molar-refractivity contribution in [1.82, 2.24) is 19.9 Å². The number of imidazole rings is 1. The molecule has 3 aromatic heterocycles. The van der Waals surface area contributed by atoms with Crippen molar-refractivity contribution in [3.8, 4) is 0 Å². The van der Waals surface area contributed by atoms with Crippen LogP contribution < -0.4 is 5.73 Å². The van der Waals surface area contributed by atoms with Crippen LogP contribution in [-0.2, 0) is 11.2 Å². The van der Waals surface area contributed by atoms with Crippen LogP contribution >= 0.6 is 0 Å². The maximum Gasteiger partial charge on any atom is 0.258 e. The first-order valence-electron chi connectivity index (χ1n) is 9.61. The van der Waals surface area contributed by atoms with E-state index in [2.05, 4.69) is 15.0 Å². The van der Waals surface area contributed by atoms with E-state index in [1.165, 1.54) is 18.2 Å². The van der Waals surface area contributed by atoms with Gasteiger partial charge < -0.3 is 20.0 Å². The van der Waals surface area contributed by atoms with Gasteiger partial charge in [-0.25, -0.2) is 13.8 Å². The number of halogens is 2. The Morgan fingerprint density at radius 3 is 2.87 bits per heavy atom. The van der Waals surface area contributed by atoms with Gasteiger partial charge in [-0.1, -0.05) is 12.1 Å². The Morgan fingerprint density at radius 1 is 1.26 bits per heavy atom. The molecular formula is C22H17F2N5O2. The van der Waals surface area contributed by atoms with E-state index >= 15 is 0 Å². The lowest BCUT2D eigenvalue weighted by atomic mass is 9.98. The first kappa shape index (κ1) is 19.0. The highest BCUT2D eigenvalue weighted by Gasteiger charge is 2.38. The molecule has 4 aromatic rings. The third-order valence-electron chi connectivity index (χ3n) is 5.37. The fourth-order valence-electron chi connectivity index (χ4n) is 3.92. The Kier molecular flexibility index (Phi) is 4.50. The molecule has 9 heteroatoms. The van der Waals surface area contributed by atoms with Gasteiger partial charge in [-0.3, -0.25) is 9.78 Å². The number of aromatic nitrogens is 3. The Bertz CT molecular complexity index is 1310. The summed E-state index contributed by atoms with van der Waals surface area (Å²) >= 11 is 0. The molecule has 0 radical (unpaired) electrons. The molecule has 1 aliphatic rings. The average molecular weight is 421 g/mol. The van der Waals surface area contributed by atoms with Gasteiger partial charge >= 0.3 is 0 Å². The van der Waals surface area contributed by atoms with Crippen molar-refractivity contribution in [3.63, 3.8) is 0 Å². The number of rotatable bonds is 3. The zero-order valence-corrected chi connectivity index (χ0v) is 16.2. The zero-order chi connectivity index (χ0) is 21.5. The van der Waals surface area contributed by atoms with Gasteiger partial charge in [0.1, 0.15) is 17.6 Å². The fourth-order valence-corrected chi connectivity index (χ4v) is 3.92. The van der Waals surface area contributed by atoms with E-state index in [0.29, 0.717) is 29.8 Å². The molecule has 7 nitrogen and oxygen atoms in total. The predicted molar refractivity (Wildman–Crippen MR) is 108 cm³/mol. The highest BCUT2D eigenvalue weighted by molar-refractivity contribution is 6.19. The minimum Gasteiger partial charge on any atom is -0.455 e. The number of amides is 1. The van der Waals surface area contributed by atoms with E-state index in [0.717, 1.165) is 18.1 Å². The number of carbonyl (C=O) groups excluding carboxylic acids is 1. The fraction of sp³-hybridized carbons (Fsp3) is 0.136. The Balaban J connectivity index is 1.60. The molecule has 5 rings (SSSR count). The van der Waals surface area contributed by atoms with Crippen LogP contribution in [0.4, 0.5) is 8.78 Å². The molecule has 1 aliphatic heterocycles. The highest BCUT2D eigenvalue weighted by atomic mass is 19.1. The molecule has 3 N–H and O–H groups in total. The van der Waals surface area contributed by atoms with Crippen molar-refractivity contribution in [2.24, 2.45) is 5.73 Å². The van der Waals surface area contributed by atoms with Crippen LogP contribution in [-0.4, -0.2) is 32.3 Å². The van der Waals surface area contributed by atoms with Gasteiger partial charge in [0.25, 0.3) is 5.91 Å². The summed E-state index contributed by atoms with van der Waals surface area (Å²) in [6.07, 6.45) is 4.27. The van der Waals surface area contributed by atoms with Gasteiger partial charge in [0.15, 0.2) is 11.4 Å². The monoisotopic (exact) mass is 421 g/mol. The van der Waals surface area contributed by atoms with Crippen LogP contribution in [0.2, 0.25) is 0 Å². The van der Waals surface area contributed by atoms with Crippen LogP contribution in [0.5, 0.6) is 0 Å². The minimum absolute atomic E-state index is 0.113. The van der Waals surface area contributed by atoms with Gasteiger partial charge in [0.2, 0.25) is 0 Å².